The predicted octanol–water partition coefficient (Wildman–Crippen LogP) is 2.66. The van der Waals surface area contributed by atoms with Crippen molar-refractivity contribution in [1.29, 1.82) is 0 Å². The maximum absolute atomic E-state index is 5.19. The van der Waals surface area contributed by atoms with Crippen LogP contribution in [0.2, 0.25) is 0 Å². The van der Waals surface area contributed by atoms with Gasteiger partial charge in [-0.05, 0) is 34.1 Å². The Morgan fingerprint density at radius 2 is 2.36 bits per heavy atom. The van der Waals surface area contributed by atoms with Crippen LogP contribution in [0.3, 0.4) is 0 Å². The summed E-state index contributed by atoms with van der Waals surface area (Å²) < 4.78 is 6.27. The third kappa shape index (κ3) is 2.49. The molecule has 0 bridgehead atoms. The van der Waals surface area contributed by atoms with Gasteiger partial charge >= 0.3 is 0 Å². The van der Waals surface area contributed by atoms with E-state index in [-0.39, 0.29) is 0 Å². The fourth-order valence-electron chi connectivity index (χ4n) is 1.25. The summed E-state index contributed by atoms with van der Waals surface area (Å²) in [5, 5.41) is 3.27. The van der Waals surface area contributed by atoms with Gasteiger partial charge in [-0.25, -0.2) is 0 Å². The fourth-order valence-corrected chi connectivity index (χ4v) is 1.64. The van der Waals surface area contributed by atoms with Crippen LogP contribution < -0.4 is 5.32 Å². The second-order valence-electron chi connectivity index (χ2n) is 3.03. The molecular weight excluding hydrogens is 244 g/mol. The van der Waals surface area contributed by atoms with Gasteiger partial charge in [0, 0.05) is 22.9 Å². The number of aromatic nitrogens is 1. The number of aromatic amines is 1. The van der Waals surface area contributed by atoms with Crippen LogP contribution in [0.25, 0.3) is 0 Å². The molecule has 0 saturated heterocycles. The highest BCUT2D eigenvalue weighted by Gasteiger charge is 1.97. The molecule has 2 heterocycles. The molecule has 2 N–H and O–H groups in total. The highest BCUT2D eigenvalue weighted by molar-refractivity contribution is 9.10. The van der Waals surface area contributed by atoms with Crippen LogP contribution in [0.4, 0.5) is 0 Å². The Hall–Kier alpha value is -1.00. The molecule has 0 aliphatic heterocycles. The minimum absolute atomic E-state index is 0.754. The van der Waals surface area contributed by atoms with Gasteiger partial charge < -0.3 is 14.7 Å². The molecule has 14 heavy (non-hydrogen) atoms. The molecule has 2 aromatic heterocycles. The maximum Gasteiger partial charge on any atom is 0.117 e. The van der Waals surface area contributed by atoms with Gasteiger partial charge in [-0.3, -0.25) is 0 Å². The molecule has 0 aliphatic carbocycles. The summed E-state index contributed by atoms with van der Waals surface area (Å²) in [6.07, 6.45) is 3.60. The minimum atomic E-state index is 0.754. The van der Waals surface area contributed by atoms with Crippen LogP contribution >= 0.6 is 15.9 Å². The number of H-pyrrole nitrogens is 1. The Morgan fingerprint density at radius 1 is 1.43 bits per heavy atom. The second-order valence-corrected chi connectivity index (χ2v) is 3.94. The first-order chi connectivity index (χ1) is 6.84. The molecule has 0 radical (unpaired) electrons. The number of hydrogen-bond acceptors (Lipinski definition) is 2. The van der Waals surface area contributed by atoms with Gasteiger partial charge in [0.15, 0.2) is 0 Å². The van der Waals surface area contributed by atoms with Crippen LogP contribution in [0.15, 0.2) is 39.5 Å². The van der Waals surface area contributed by atoms with E-state index in [4.69, 9.17) is 4.42 Å². The van der Waals surface area contributed by atoms with Gasteiger partial charge in [-0.15, -0.1) is 0 Å². The number of halogens is 1. The van der Waals surface area contributed by atoms with E-state index >= 15 is 0 Å². The normalized spacial score (nSPS) is 10.6. The summed E-state index contributed by atoms with van der Waals surface area (Å²) in [6.45, 7) is 1.57. The van der Waals surface area contributed by atoms with Crippen molar-refractivity contribution in [3.05, 3.63) is 46.6 Å². The maximum atomic E-state index is 5.19. The van der Waals surface area contributed by atoms with E-state index < -0.39 is 0 Å². The quantitative estimate of drug-likeness (QED) is 0.881. The van der Waals surface area contributed by atoms with E-state index in [1.54, 1.807) is 6.26 Å². The van der Waals surface area contributed by atoms with Crippen molar-refractivity contribution in [2.75, 3.05) is 0 Å². The van der Waals surface area contributed by atoms with Gasteiger partial charge in [-0.1, -0.05) is 0 Å². The summed E-state index contributed by atoms with van der Waals surface area (Å²) in [5.41, 5.74) is 1.16. The molecule has 0 aliphatic rings. The van der Waals surface area contributed by atoms with Crippen molar-refractivity contribution >= 4 is 15.9 Å². The zero-order chi connectivity index (χ0) is 9.80. The van der Waals surface area contributed by atoms with E-state index in [1.807, 2.05) is 18.3 Å². The SMILES string of the molecule is Brc1c[nH]c(CNCc2ccco2)c1. The van der Waals surface area contributed by atoms with E-state index in [1.165, 1.54) is 0 Å². The fraction of sp³-hybridized carbons (Fsp3) is 0.200. The highest BCUT2D eigenvalue weighted by atomic mass is 79.9. The van der Waals surface area contributed by atoms with Crippen molar-refractivity contribution in [3.8, 4) is 0 Å². The van der Waals surface area contributed by atoms with Gasteiger partial charge in [-0.2, -0.15) is 0 Å². The molecule has 74 valence electrons. The zero-order valence-electron chi connectivity index (χ0n) is 7.59. The van der Waals surface area contributed by atoms with Gasteiger partial charge in [0.1, 0.15) is 5.76 Å². The third-order valence-electron chi connectivity index (χ3n) is 1.90. The van der Waals surface area contributed by atoms with E-state index in [9.17, 15) is 0 Å². The molecule has 0 unspecified atom stereocenters. The van der Waals surface area contributed by atoms with E-state index in [0.717, 1.165) is 29.0 Å². The molecule has 0 spiro atoms. The molecule has 0 atom stereocenters. The second kappa shape index (κ2) is 4.48. The van der Waals surface area contributed by atoms with Crippen LogP contribution in [-0.4, -0.2) is 4.98 Å². The molecule has 0 saturated carbocycles. The summed E-state index contributed by atoms with van der Waals surface area (Å²) in [5.74, 6) is 0.954. The van der Waals surface area contributed by atoms with E-state index in [2.05, 4.69) is 32.3 Å². The predicted molar refractivity (Wildman–Crippen MR) is 57.7 cm³/mol. The topological polar surface area (TPSA) is 41.0 Å². The van der Waals surface area contributed by atoms with Gasteiger partial charge in [0.25, 0.3) is 0 Å². The molecule has 0 fully saturated rings. The summed E-state index contributed by atoms with van der Waals surface area (Å²) in [4.78, 5) is 3.15. The lowest BCUT2D eigenvalue weighted by atomic mass is 10.4. The Bertz CT molecular complexity index is 380. The van der Waals surface area contributed by atoms with Crippen LogP contribution in [0, 0.1) is 0 Å². The summed E-state index contributed by atoms with van der Waals surface area (Å²) >= 11 is 3.39. The number of hydrogen-bond donors (Lipinski definition) is 2. The monoisotopic (exact) mass is 254 g/mol. The average Bonchev–Trinajstić information content (AvgIpc) is 2.77. The van der Waals surface area contributed by atoms with Gasteiger partial charge in [0.2, 0.25) is 0 Å². The zero-order valence-corrected chi connectivity index (χ0v) is 9.17. The van der Waals surface area contributed by atoms with Crippen molar-refractivity contribution in [3.63, 3.8) is 0 Å². The Morgan fingerprint density at radius 3 is 3.00 bits per heavy atom. The third-order valence-corrected chi connectivity index (χ3v) is 2.36. The van der Waals surface area contributed by atoms with Crippen molar-refractivity contribution in [2.45, 2.75) is 13.1 Å². The van der Waals surface area contributed by atoms with Crippen LogP contribution in [-0.2, 0) is 13.1 Å². The molecule has 0 amide bonds. The first-order valence-electron chi connectivity index (χ1n) is 4.40. The first kappa shape index (κ1) is 9.55. The highest BCUT2D eigenvalue weighted by Crippen LogP contribution is 2.10. The lowest BCUT2D eigenvalue weighted by molar-refractivity contribution is 0.482. The molecule has 2 rings (SSSR count). The Kier molecular flexibility index (Phi) is 3.06. The minimum Gasteiger partial charge on any atom is -0.468 e. The lowest BCUT2D eigenvalue weighted by Gasteiger charge is -1.99. The number of furan rings is 1. The first-order valence-corrected chi connectivity index (χ1v) is 5.20. The molecule has 0 aromatic carbocycles. The molecule has 3 nitrogen and oxygen atoms in total. The number of rotatable bonds is 4. The smallest absolute Gasteiger partial charge is 0.117 e. The van der Waals surface area contributed by atoms with Gasteiger partial charge in [0.05, 0.1) is 12.8 Å². The Labute approximate surface area is 90.6 Å². The van der Waals surface area contributed by atoms with E-state index in [0.29, 0.717) is 0 Å². The largest absolute Gasteiger partial charge is 0.468 e. The van der Waals surface area contributed by atoms with Crippen molar-refractivity contribution < 1.29 is 4.42 Å². The average molecular weight is 255 g/mol. The summed E-state index contributed by atoms with van der Waals surface area (Å²) in [6, 6.07) is 5.90. The van der Waals surface area contributed by atoms with Crippen molar-refractivity contribution in [2.24, 2.45) is 0 Å². The molecule has 4 heteroatoms. The van der Waals surface area contributed by atoms with Crippen LogP contribution in [0.1, 0.15) is 11.5 Å². The van der Waals surface area contributed by atoms with Crippen molar-refractivity contribution in [1.82, 2.24) is 10.3 Å². The number of nitrogens with one attached hydrogen (secondary N) is 2. The lowest BCUT2D eigenvalue weighted by Crippen LogP contribution is -2.12. The molecular formula is C10H11BrN2O. The van der Waals surface area contributed by atoms with Crippen LogP contribution in [0.5, 0.6) is 0 Å². The summed E-state index contributed by atoms with van der Waals surface area (Å²) in [7, 11) is 0. The Balaban J connectivity index is 1.78. The molecule has 2 aromatic rings. The standard InChI is InChI=1S/C10H11BrN2O/c11-8-4-9(13-5-8)6-12-7-10-2-1-3-14-10/h1-5,12-13H,6-7H2.